The van der Waals surface area contributed by atoms with Gasteiger partial charge in [0.2, 0.25) is 0 Å². The van der Waals surface area contributed by atoms with Gasteiger partial charge in [0.15, 0.2) is 0 Å². The number of pyridine rings is 1. The van der Waals surface area contributed by atoms with Crippen molar-refractivity contribution in [1.29, 1.82) is 0 Å². The summed E-state index contributed by atoms with van der Waals surface area (Å²) in [5.41, 5.74) is -0.207. The second-order valence-corrected chi connectivity index (χ2v) is 5.23. The number of hydrogen-bond donors (Lipinski definition) is 1. The van der Waals surface area contributed by atoms with Gasteiger partial charge in [0.05, 0.1) is 11.9 Å². The Kier molecular flexibility index (Phi) is 7.38. The van der Waals surface area contributed by atoms with Crippen LogP contribution in [0.3, 0.4) is 0 Å². The molecule has 2 rings (SSSR count). The third-order valence-electron chi connectivity index (χ3n) is 3.64. The summed E-state index contributed by atoms with van der Waals surface area (Å²) in [4.78, 5) is 18.1. The normalized spacial score (nSPS) is 16.0. The van der Waals surface area contributed by atoms with E-state index in [-0.39, 0.29) is 25.3 Å². The third kappa shape index (κ3) is 6.05. The molecule has 1 saturated heterocycles. The van der Waals surface area contributed by atoms with Crippen LogP contribution >= 0.6 is 0 Å². The van der Waals surface area contributed by atoms with E-state index >= 15 is 0 Å². The predicted molar refractivity (Wildman–Crippen MR) is 81.9 cm³/mol. The Labute approximate surface area is 144 Å². The van der Waals surface area contributed by atoms with Crippen LogP contribution < -0.4 is 4.90 Å². The molecule has 1 aromatic rings. The molecule has 0 aromatic carbocycles. The monoisotopic (exact) mass is 325 g/mol. The zero-order valence-corrected chi connectivity index (χ0v) is 12.0. The average molecular weight is 325 g/mol. The SMILES string of the molecule is O=C(O)CCCN1CCN(c2ccc(C(F)(F)F)nc2)CC1.[LiH]. The maximum absolute atomic E-state index is 12.5. The molecular weight excluding hydrogens is 306 g/mol. The van der Waals surface area contributed by atoms with Crippen molar-refractivity contribution in [2.45, 2.75) is 19.0 Å². The topological polar surface area (TPSA) is 56.7 Å². The van der Waals surface area contributed by atoms with Crippen molar-refractivity contribution in [3.05, 3.63) is 24.0 Å². The van der Waals surface area contributed by atoms with Gasteiger partial charge in [-0.25, -0.2) is 4.98 Å². The Morgan fingerprint density at radius 1 is 1.22 bits per heavy atom. The first-order chi connectivity index (χ1) is 10.4. The van der Waals surface area contributed by atoms with E-state index in [1.54, 1.807) is 0 Å². The van der Waals surface area contributed by atoms with Crippen molar-refractivity contribution in [2.75, 3.05) is 37.6 Å². The number of alkyl halides is 3. The summed E-state index contributed by atoms with van der Waals surface area (Å²) >= 11 is 0. The van der Waals surface area contributed by atoms with Crippen LogP contribution in [0.1, 0.15) is 18.5 Å². The Balaban J connectivity index is 0.00000264. The van der Waals surface area contributed by atoms with Gasteiger partial charge >= 0.3 is 31.0 Å². The van der Waals surface area contributed by atoms with E-state index in [1.807, 2.05) is 4.90 Å². The molecule has 124 valence electrons. The van der Waals surface area contributed by atoms with Gasteiger partial charge in [0.25, 0.3) is 0 Å². The van der Waals surface area contributed by atoms with Gasteiger partial charge in [-0.2, -0.15) is 13.2 Å². The summed E-state index contributed by atoms with van der Waals surface area (Å²) in [6, 6.07) is 2.43. The minimum absolute atomic E-state index is 0. The quantitative estimate of drug-likeness (QED) is 0.830. The second kappa shape index (κ2) is 8.57. The van der Waals surface area contributed by atoms with E-state index in [9.17, 15) is 18.0 Å². The summed E-state index contributed by atoms with van der Waals surface area (Å²) < 4.78 is 37.4. The van der Waals surface area contributed by atoms with Gasteiger partial charge in [0, 0.05) is 32.6 Å². The fourth-order valence-corrected chi connectivity index (χ4v) is 2.42. The minimum atomic E-state index is -4.42. The van der Waals surface area contributed by atoms with E-state index in [4.69, 9.17) is 5.11 Å². The van der Waals surface area contributed by atoms with E-state index in [2.05, 4.69) is 9.88 Å². The molecule has 0 spiro atoms. The van der Waals surface area contributed by atoms with Crippen LogP contribution in [0.15, 0.2) is 18.3 Å². The molecule has 0 amide bonds. The van der Waals surface area contributed by atoms with Crippen molar-refractivity contribution in [2.24, 2.45) is 0 Å². The van der Waals surface area contributed by atoms with Crippen LogP contribution in [-0.4, -0.2) is 72.5 Å². The maximum atomic E-state index is 12.5. The van der Waals surface area contributed by atoms with E-state index in [0.717, 1.165) is 25.7 Å². The molecule has 0 atom stereocenters. The fraction of sp³-hybridized carbons (Fsp3) is 0.571. The summed E-state index contributed by atoms with van der Waals surface area (Å²) in [5, 5.41) is 8.60. The number of carboxylic acid groups (broad SMARTS) is 1. The van der Waals surface area contributed by atoms with Crippen LogP contribution in [0.5, 0.6) is 0 Å². The number of aliphatic carboxylic acids is 1. The number of carboxylic acids is 1. The van der Waals surface area contributed by atoms with E-state index in [1.165, 1.54) is 12.3 Å². The Morgan fingerprint density at radius 2 is 1.87 bits per heavy atom. The molecule has 9 heteroatoms. The second-order valence-electron chi connectivity index (χ2n) is 5.23. The van der Waals surface area contributed by atoms with E-state index in [0.29, 0.717) is 25.2 Å². The molecule has 1 aliphatic heterocycles. The number of rotatable bonds is 5. The number of carbonyl (C=O) groups is 1. The molecule has 2 heterocycles. The van der Waals surface area contributed by atoms with Gasteiger partial charge in [0.1, 0.15) is 5.69 Å². The molecular formula is C14H19F3LiN3O2. The molecule has 0 radical (unpaired) electrons. The van der Waals surface area contributed by atoms with Crippen molar-refractivity contribution >= 4 is 30.5 Å². The number of nitrogens with zero attached hydrogens (tertiary/aromatic N) is 3. The molecule has 0 unspecified atom stereocenters. The van der Waals surface area contributed by atoms with Crippen LogP contribution in [-0.2, 0) is 11.0 Å². The van der Waals surface area contributed by atoms with Gasteiger partial charge in [-0.15, -0.1) is 0 Å². The number of aromatic nitrogens is 1. The molecule has 23 heavy (non-hydrogen) atoms. The first kappa shape index (κ1) is 19.8. The number of piperazine rings is 1. The Morgan fingerprint density at radius 3 is 2.35 bits per heavy atom. The van der Waals surface area contributed by atoms with Gasteiger partial charge in [-0.05, 0) is 25.1 Å². The average Bonchev–Trinajstić information content (AvgIpc) is 2.47. The molecule has 0 aliphatic carbocycles. The molecule has 1 aromatic heterocycles. The summed E-state index contributed by atoms with van der Waals surface area (Å²) in [7, 11) is 0. The van der Waals surface area contributed by atoms with Gasteiger partial charge in [-0.3, -0.25) is 9.69 Å². The first-order valence-corrected chi connectivity index (χ1v) is 7.08. The number of halogens is 3. The van der Waals surface area contributed by atoms with Crippen LogP contribution in [0, 0.1) is 0 Å². The van der Waals surface area contributed by atoms with Crippen molar-refractivity contribution < 1.29 is 23.1 Å². The predicted octanol–water partition coefficient (Wildman–Crippen LogP) is 1.44. The Bertz CT molecular complexity index is 503. The Hall–Kier alpha value is -1.23. The van der Waals surface area contributed by atoms with Crippen LogP contribution in [0.25, 0.3) is 0 Å². The molecule has 1 fully saturated rings. The van der Waals surface area contributed by atoms with Crippen LogP contribution in [0.2, 0.25) is 0 Å². The zero-order chi connectivity index (χ0) is 16.2. The summed E-state index contributed by atoms with van der Waals surface area (Å²) in [6.45, 7) is 3.65. The van der Waals surface area contributed by atoms with Crippen molar-refractivity contribution in [3.63, 3.8) is 0 Å². The van der Waals surface area contributed by atoms with E-state index < -0.39 is 17.8 Å². The van der Waals surface area contributed by atoms with Gasteiger partial charge < -0.3 is 10.0 Å². The van der Waals surface area contributed by atoms with Gasteiger partial charge in [-0.1, -0.05) is 0 Å². The van der Waals surface area contributed by atoms with Crippen molar-refractivity contribution in [3.8, 4) is 0 Å². The summed E-state index contributed by atoms with van der Waals surface area (Å²) in [6.07, 6.45) is -2.40. The number of anilines is 1. The zero-order valence-electron chi connectivity index (χ0n) is 12.0. The molecule has 0 bridgehead atoms. The molecule has 5 nitrogen and oxygen atoms in total. The molecule has 1 N–H and O–H groups in total. The molecule has 1 aliphatic rings. The summed E-state index contributed by atoms with van der Waals surface area (Å²) in [5.74, 6) is -0.797. The number of hydrogen-bond acceptors (Lipinski definition) is 4. The van der Waals surface area contributed by atoms with Crippen molar-refractivity contribution in [1.82, 2.24) is 9.88 Å². The standard InChI is InChI=1S/C14H18F3N3O2.Li.H/c15-14(16,17)12-4-3-11(10-18-12)20-8-6-19(7-9-20)5-1-2-13(21)22;;/h3-4,10H,1-2,5-9H2,(H,21,22);;. The van der Waals surface area contributed by atoms with Crippen LogP contribution in [0.4, 0.5) is 18.9 Å². The first-order valence-electron chi connectivity index (χ1n) is 7.08. The third-order valence-corrected chi connectivity index (χ3v) is 3.64. The fourth-order valence-electron chi connectivity index (χ4n) is 2.42. The molecule has 0 saturated carbocycles.